The number of ether oxygens (including phenoxy) is 1. The molecule has 0 atom stereocenters. The number of aromatic nitrogens is 1. The van der Waals surface area contributed by atoms with Crippen molar-refractivity contribution >= 4 is 17.2 Å². The Kier molecular flexibility index (Phi) is 7.07. The lowest BCUT2D eigenvalue weighted by molar-refractivity contribution is -0.120. The second kappa shape index (κ2) is 9.30. The molecular formula is C18H24N2O2S. The summed E-state index contributed by atoms with van der Waals surface area (Å²) >= 11 is 1.53. The predicted molar refractivity (Wildman–Crippen MR) is 93.9 cm³/mol. The van der Waals surface area contributed by atoms with E-state index < -0.39 is 0 Å². The standard InChI is InChI=1S/C18H24N2O2S/c1-3-4-5-9-19-17(21)11-15-13-23-18(20-15)12-22-16-8-6-7-14(2)10-16/h6-8,10,13H,3-5,9,11-12H2,1-2H3,(H,19,21). The average molecular weight is 332 g/mol. The highest BCUT2D eigenvalue weighted by Crippen LogP contribution is 2.16. The van der Waals surface area contributed by atoms with Gasteiger partial charge in [0, 0.05) is 11.9 Å². The van der Waals surface area contributed by atoms with Gasteiger partial charge in [-0.3, -0.25) is 4.79 Å². The summed E-state index contributed by atoms with van der Waals surface area (Å²) < 4.78 is 5.73. The van der Waals surface area contributed by atoms with E-state index in [4.69, 9.17) is 4.74 Å². The number of nitrogens with one attached hydrogen (secondary N) is 1. The van der Waals surface area contributed by atoms with E-state index >= 15 is 0 Å². The summed E-state index contributed by atoms with van der Waals surface area (Å²) in [6, 6.07) is 7.94. The third-order valence-electron chi connectivity index (χ3n) is 3.40. The molecule has 1 heterocycles. The highest BCUT2D eigenvalue weighted by Gasteiger charge is 2.08. The van der Waals surface area contributed by atoms with Gasteiger partial charge in [-0.15, -0.1) is 11.3 Å². The molecule has 2 aromatic rings. The normalized spacial score (nSPS) is 10.5. The number of carbonyl (C=O) groups excluding carboxylic acids is 1. The number of aryl methyl sites for hydroxylation is 1. The van der Waals surface area contributed by atoms with Crippen molar-refractivity contribution in [3.63, 3.8) is 0 Å². The van der Waals surface area contributed by atoms with Crippen molar-refractivity contribution in [3.05, 3.63) is 45.9 Å². The summed E-state index contributed by atoms with van der Waals surface area (Å²) in [5, 5.41) is 5.75. The maximum absolute atomic E-state index is 11.8. The van der Waals surface area contributed by atoms with E-state index in [1.54, 1.807) is 0 Å². The number of thiazole rings is 1. The Morgan fingerprint density at radius 2 is 2.22 bits per heavy atom. The lowest BCUT2D eigenvalue weighted by Crippen LogP contribution is -2.26. The van der Waals surface area contributed by atoms with Crippen LogP contribution in [0.2, 0.25) is 0 Å². The number of rotatable bonds is 9. The number of unbranched alkanes of at least 4 members (excludes halogenated alkanes) is 2. The fraction of sp³-hybridized carbons (Fsp3) is 0.444. The molecule has 2 rings (SSSR count). The smallest absolute Gasteiger partial charge is 0.226 e. The predicted octanol–water partition coefficient (Wildman–Crippen LogP) is 3.88. The molecule has 0 spiro atoms. The average Bonchev–Trinajstić information content (AvgIpc) is 2.97. The first-order valence-corrected chi connectivity index (χ1v) is 8.94. The monoisotopic (exact) mass is 332 g/mol. The Balaban J connectivity index is 1.75. The van der Waals surface area contributed by atoms with Gasteiger partial charge in [-0.1, -0.05) is 31.9 Å². The van der Waals surface area contributed by atoms with Crippen molar-refractivity contribution < 1.29 is 9.53 Å². The van der Waals surface area contributed by atoms with Gasteiger partial charge in [0.05, 0.1) is 12.1 Å². The summed E-state index contributed by atoms with van der Waals surface area (Å²) in [7, 11) is 0. The molecule has 1 aromatic carbocycles. The zero-order chi connectivity index (χ0) is 16.5. The van der Waals surface area contributed by atoms with Crippen LogP contribution in [0.3, 0.4) is 0 Å². The van der Waals surface area contributed by atoms with Crippen LogP contribution in [0.15, 0.2) is 29.6 Å². The van der Waals surface area contributed by atoms with Crippen molar-refractivity contribution in [1.82, 2.24) is 10.3 Å². The maximum Gasteiger partial charge on any atom is 0.226 e. The SMILES string of the molecule is CCCCCNC(=O)Cc1csc(COc2cccc(C)c2)n1. The number of carbonyl (C=O) groups is 1. The second-order valence-corrected chi connectivity index (χ2v) is 6.51. The van der Waals surface area contributed by atoms with Crippen LogP contribution in [0, 0.1) is 6.92 Å². The fourth-order valence-corrected chi connectivity index (χ4v) is 2.88. The first kappa shape index (κ1) is 17.5. The first-order chi connectivity index (χ1) is 11.2. The molecule has 0 aliphatic carbocycles. The number of benzene rings is 1. The van der Waals surface area contributed by atoms with Crippen LogP contribution >= 0.6 is 11.3 Å². The maximum atomic E-state index is 11.8. The molecule has 0 aliphatic rings. The molecule has 1 aromatic heterocycles. The summed E-state index contributed by atoms with van der Waals surface area (Å²) in [5.41, 5.74) is 1.98. The largest absolute Gasteiger partial charge is 0.486 e. The molecule has 124 valence electrons. The Bertz CT molecular complexity index is 625. The third-order valence-corrected chi connectivity index (χ3v) is 4.27. The first-order valence-electron chi connectivity index (χ1n) is 8.07. The van der Waals surface area contributed by atoms with Crippen molar-refractivity contribution in [2.24, 2.45) is 0 Å². The topological polar surface area (TPSA) is 51.2 Å². The second-order valence-electron chi connectivity index (χ2n) is 5.57. The summed E-state index contributed by atoms with van der Waals surface area (Å²) in [6.45, 7) is 5.37. The molecule has 0 aliphatic heterocycles. The molecular weight excluding hydrogens is 308 g/mol. The van der Waals surface area contributed by atoms with Crippen LogP contribution < -0.4 is 10.1 Å². The Morgan fingerprint density at radius 3 is 3.00 bits per heavy atom. The van der Waals surface area contributed by atoms with Crippen LogP contribution in [0.1, 0.15) is 42.5 Å². The zero-order valence-corrected chi connectivity index (χ0v) is 14.6. The number of hydrogen-bond acceptors (Lipinski definition) is 4. The van der Waals surface area contributed by atoms with E-state index in [1.165, 1.54) is 16.9 Å². The quantitative estimate of drug-likeness (QED) is 0.709. The van der Waals surface area contributed by atoms with E-state index in [1.807, 2.05) is 36.6 Å². The number of hydrogen-bond donors (Lipinski definition) is 1. The molecule has 0 unspecified atom stereocenters. The van der Waals surface area contributed by atoms with Crippen LogP contribution in [0.4, 0.5) is 0 Å². The van der Waals surface area contributed by atoms with E-state index in [0.29, 0.717) is 13.0 Å². The lowest BCUT2D eigenvalue weighted by Gasteiger charge is -2.04. The van der Waals surface area contributed by atoms with Crippen molar-refractivity contribution in [2.75, 3.05) is 6.54 Å². The van der Waals surface area contributed by atoms with Crippen LogP contribution in [-0.2, 0) is 17.8 Å². The van der Waals surface area contributed by atoms with E-state index in [0.717, 1.165) is 42.3 Å². The summed E-state index contributed by atoms with van der Waals surface area (Å²) in [5.74, 6) is 0.882. The van der Waals surface area contributed by atoms with Gasteiger partial charge in [-0.05, 0) is 31.0 Å². The minimum atomic E-state index is 0.0394. The van der Waals surface area contributed by atoms with Gasteiger partial charge in [-0.25, -0.2) is 4.98 Å². The van der Waals surface area contributed by atoms with Crippen LogP contribution in [0.5, 0.6) is 5.75 Å². The molecule has 1 amide bonds. The van der Waals surface area contributed by atoms with Crippen LogP contribution in [-0.4, -0.2) is 17.4 Å². The van der Waals surface area contributed by atoms with Gasteiger partial charge in [-0.2, -0.15) is 0 Å². The van der Waals surface area contributed by atoms with Crippen molar-refractivity contribution in [3.8, 4) is 5.75 Å². The van der Waals surface area contributed by atoms with Gasteiger partial charge in [0.2, 0.25) is 5.91 Å². The van der Waals surface area contributed by atoms with E-state index in [9.17, 15) is 4.79 Å². The van der Waals surface area contributed by atoms with Gasteiger partial charge < -0.3 is 10.1 Å². The lowest BCUT2D eigenvalue weighted by atomic mass is 10.2. The van der Waals surface area contributed by atoms with Gasteiger partial charge in [0.1, 0.15) is 17.4 Å². The van der Waals surface area contributed by atoms with Gasteiger partial charge in [0.25, 0.3) is 0 Å². The summed E-state index contributed by atoms with van der Waals surface area (Å²) in [4.78, 5) is 16.3. The van der Waals surface area contributed by atoms with Crippen molar-refractivity contribution in [1.29, 1.82) is 0 Å². The van der Waals surface area contributed by atoms with Gasteiger partial charge >= 0.3 is 0 Å². The molecule has 1 N–H and O–H groups in total. The summed E-state index contributed by atoms with van der Waals surface area (Å²) in [6.07, 6.45) is 3.69. The molecule has 0 saturated heterocycles. The minimum absolute atomic E-state index is 0.0394. The third kappa shape index (κ3) is 6.40. The zero-order valence-electron chi connectivity index (χ0n) is 13.8. The van der Waals surface area contributed by atoms with E-state index in [-0.39, 0.29) is 5.91 Å². The Hall–Kier alpha value is -1.88. The molecule has 0 bridgehead atoms. The number of nitrogens with zero attached hydrogens (tertiary/aromatic N) is 1. The minimum Gasteiger partial charge on any atom is -0.486 e. The van der Waals surface area contributed by atoms with E-state index in [2.05, 4.69) is 17.2 Å². The number of amides is 1. The molecule has 0 radical (unpaired) electrons. The molecule has 23 heavy (non-hydrogen) atoms. The van der Waals surface area contributed by atoms with Crippen molar-refractivity contribution in [2.45, 2.75) is 46.1 Å². The highest BCUT2D eigenvalue weighted by atomic mass is 32.1. The molecule has 0 saturated carbocycles. The highest BCUT2D eigenvalue weighted by molar-refractivity contribution is 7.09. The Morgan fingerprint density at radius 1 is 1.35 bits per heavy atom. The molecule has 0 fully saturated rings. The molecule has 5 heteroatoms. The Labute approximate surface area is 141 Å². The fourth-order valence-electron chi connectivity index (χ4n) is 2.18. The van der Waals surface area contributed by atoms with Crippen LogP contribution in [0.25, 0.3) is 0 Å². The van der Waals surface area contributed by atoms with Gasteiger partial charge in [0.15, 0.2) is 0 Å². The molecule has 4 nitrogen and oxygen atoms in total.